The maximum Gasteiger partial charge on any atom is 0.255 e. The summed E-state index contributed by atoms with van der Waals surface area (Å²) in [5.41, 5.74) is 1.30. The molecule has 0 aliphatic carbocycles. The lowest BCUT2D eigenvalue weighted by Gasteiger charge is -1.99. The second kappa shape index (κ2) is 4.26. The van der Waals surface area contributed by atoms with Gasteiger partial charge in [-0.2, -0.15) is 10.4 Å². The van der Waals surface area contributed by atoms with E-state index in [1.54, 1.807) is 0 Å². The first-order valence-corrected chi connectivity index (χ1v) is 3.97. The number of nitriles is 1. The van der Waals surface area contributed by atoms with Crippen molar-refractivity contribution in [3.05, 3.63) is 17.5 Å². The smallest absolute Gasteiger partial charge is 0.255 e. The zero-order chi connectivity index (χ0) is 9.68. The van der Waals surface area contributed by atoms with Crippen LogP contribution in [-0.2, 0) is 6.42 Å². The summed E-state index contributed by atoms with van der Waals surface area (Å²) in [6, 6.07) is 1.84. The van der Waals surface area contributed by atoms with Crippen molar-refractivity contribution in [1.29, 1.82) is 5.26 Å². The minimum Gasteiger partial charge on any atom is -0.339 e. The third-order valence-electron chi connectivity index (χ3n) is 1.64. The van der Waals surface area contributed by atoms with Crippen LogP contribution in [0.3, 0.4) is 0 Å². The van der Waals surface area contributed by atoms with Crippen LogP contribution in [-0.4, -0.2) is 22.6 Å². The predicted molar refractivity (Wildman–Crippen MR) is 45.9 cm³/mol. The van der Waals surface area contributed by atoms with Crippen molar-refractivity contribution in [2.24, 2.45) is 0 Å². The Morgan fingerprint density at radius 3 is 3.23 bits per heavy atom. The van der Waals surface area contributed by atoms with E-state index in [1.807, 2.05) is 13.0 Å². The van der Waals surface area contributed by atoms with Gasteiger partial charge in [-0.25, -0.2) is 0 Å². The molecule has 1 rings (SSSR count). The van der Waals surface area contributed by atoms with E-state index in [4.69, 9.17) is 5.26 Å². The predicted octanol–water partition coefficient (Wildman–Crippen LogP) is 0.225. The number of amides is 1. The van der Waals surface area contributed by atoms with Gasteiger partial charge in [0.05, 0.1) is 17.8 Å². The lowest BCUT2D eigenvalue weighted by Crippen LogP contribution is -2.24. The zero-order valence-corrected chi connectivity index (χ0v) is 7.29. The highest BCUT2D eigenvalue weighted by molar-refractivity contribution is 5.95. The molecule has 13 heavy (non-hydrogen) atoms. The maximum atomic E-state index is 11.3. The molecule has 0 unspecified atom stereocenters. The van der Waals surface area contributed by atoms with E-state index in [2.05, 4.69) is 15.5 Å². The molecular weight excluding hydrogens is 168 g/mol. The number of carbonyl (C=O) groups is 1. The van der Waals surface area contributed by atoms with Crippen molar-refractivity contribution in [2.45, 2.75) is 13.3 Å². The second-order valence-electron chi connectivity index (χ2n) is 2.46. The largest absolute Gasteiger partial charge is 0.339 e. The third-order valence-corrected chi connectivity index (χ3v) is 1.64. The molecule has 0 spiro atoms. The van der Waals surface area contributed by atoms with Crippen molar-refractivity contribution >= 4 is 5.91 Å². The maximum absolute atomic E-state index is 11.3. The monoisotopic (exact) mass is 178 g/mol. The van der Waals surface area contributed by atoms with Crippen molar-refractivity contribution in [2.75, 3.05) is 6.54 Å². The Bertz CT molecular complexity index is 336. The first kappa shape index (κ1) is 9.26. The van der Waals surface area contributed by atoms with E-state index in [1.165, 1.54) is 6.20 Å². The van der Waals surface area contributed by atoms with Gasteiger partial charge in [-0.05, 0) is 6.42 Å². The van der Waals surface area contributed by atoms with Crippen LogP contribution in [0, 0.1) is 11.3 Å². The molecule has 68 valence electrons. The van der Waals surface area contributed by atoms with Gasteiger partial charge in [0.25, 0.3) is 5.91 Å². The van der Waals surface area contributed by atoms with Crippen LogP contribution >= 0.6 is 0 Å². The lowest BCUT2D eigenvalue weighted by molar-refractivity contribution is 0.0957. The lowest BCUT2D eigenvalue weighted by atomic mass is 10.2. The van der Waals surface area contributed by atoms with Crippen molar-refractivity contribution in [3.8, 4) is 6.07 Å². The van der Waals surface area contributed by atoms with Crippen LogP contribution in [0.4, 0.5) is 0 Å². The first-order chi connectivity index (χ1) is 6.29. The van der Waals surface area contributed by atoms with Gasteiger partial charge in [0.15, 0.2) is 0 Å². The van der Waals surface area contributed by atoms with Crippen LogP contribution in [0.25, 0.3) is 0 Å². The number of aromatic nitrogens is 2. The van der Waals surface area contributed by atoms with Crippen molar-refractivity contribution < 1.29 is 4.79 Å². The molecule has 1 heterocycles. The van der Waals surface area contributed by atoms with Crippen LogP contribution in [0.5, 0.6) is 0 Å². The molecule has 0 bridgehead atoms. The van der Waals surface area contributed by atoms with Crippen LogP contribution in [0.2, 0.25) is 0 Å². The highest BCUT2D eigenvalue weighted by atomic mass is 16.1. The number of rotatable bonds is 3. The van der Waals surface area contributed by atoms with Gasteiger partial charge in [-0.15, -0.1) is 0 Å². The molecule has 0 aliphatic heterocycles. The fourth-order valence-corrected chi connectivity index (χ4v) is 0.993. The average molecular weight is 178 g/mol. The number of nitrogens with one attached hydrogen (secondary N) is 2. The highest BCUT2D eigenvalue weighted by Gasteiger charge is 2.10. The fourth-order valence-electron chi connectivity index (χ4n) is 0.993. The Morgan fingerprint density at radius 2 is 2.62 bits per heavy atom. The van der Waals surface area contributed by atoms with Gasteiger partial charge < -0.3 is 5.32 Å². The Balaban J connectivity index is 2.71. The molecule has 0 radical (unpaired) electrons. The zero-order valence-electron chi connectivity index (χ0n) is 7.29. The molecule has 0 saturated heterocycles. The van der Waals surface area contributed by atoms with E-state index in [9.17, 15) is 4.79 Å². The molecule has 2 N–H and O–H groups in total. The molecule has 1 aromatic heterocycles. The quantitative estimate of drug-likeness (QED) is 0.650. The minimum absolute atomic E-state index is 0.0210. The molecule has 0 aromatic carbocycles. The Labute approximate surface area is 75.8 Å². The topological polar surface area (TPSA) is 81.6 Å². The third kappa shape index (κ3) is 2.06. The van der Waals surface area contributed by atoms with Gasteiger partial charge in [0.1, 0.15) is 6.54 Å². The molecular formula is C8H10N4O. The Hall–Kier alpha value is -1.83. The summed E-state index contributed by atoms with van der Waals surface area (Å²) >= 11 is 0. The average Bonchev–Trinajstić information content (AvgIpc) is 2.61. The van der Waals surface area contributed by atoms with Crippen LogP contribution in [0.15, 0.2) is 6.20 Å². The second-order valence-corrected chi connectivity index (χ2v) is 2.46. The molecule has 0 saturated carbocycles. The summed E-state index contributed by atoms with van der Waals surface area (Å²) < 4.78 is 0. The van der Waals surface area contributed by atoms with Crippen molar-refractivity contribution in [1.82, 2.24) is 15.5 Å². The number of hydrogen-bond acceptors (Lipinski definition) is 3. The number of aromatic amines is 1. The number of hydrogen-bond donors (Lipinski definition) is 2. The molecule has 0 atom stereocenters. The number of H-pyrrole nitrogens is 1. The summed E-state index contributed by atoms with van der Waals surface area (Å²) in [5, 5.41) is 17.2. The van der Waals surface area contributed by atoms with Crippen molar-refractivity contribution in [3.63, 3.8) is 0 Å². The van der Waals surface area contributed by atoms with Gasteiger partial charge in [-0.1, -0.05) is 6.92 Å². The number of aryl methyl sites for hydroxylation is 1. The van der Waals surface area contributed by atoms with E-state index in [-0.39, 0.29) is 12.5 Å². The van der Waals surface area contributed by atoms with E-state index >= 15 is 0 Å². The van der Waals surface area contributed by atoms with E-state index in [0.717, 1.165) is 12.1 Å². The van der Waals surface area contributed by atoms with Gasteiger partial charge in [-0.3, -0.25) is 9.89 Å². The molecule has 5 nitrogen and oxygen atoms in total. The number of nitrogens with zero attached hydrogens (tertiary/aromatic N) is 2. The van der Waals surface area contributed by atoms with Crippen LogP contribution < -0.4 is 5.32 Å². The fraction of sp³-hybridized carbons (Fsp3) is 0.375. The summed E-state index contributed by atoms with van der Waals surface area (Å²) in [4.78, 5) is 11.3. The normalized spacial score (nSPS) is 9.23. The van der Waals surface area contributed by atoms with Gasteiger partial charge >= 0.3 is 0 Å². The molecule has 0 aliphatic rings. The summed E-state index contributed by atoms with van der Waals surface area (Å²) in [6.07, 6.45) is 2.18. The molecule has 1 amide bonds. The van der Waals surface area contributed by atoms with Gasteiger partial charge in [0.2, 0.25) is 0 Å². The van der Waals surface area contributed by atoms with Crippen LogP contribution in [0.1, 0.15) is 23.0 Å². The molecule has 0 fully saturated rings. The Morgan fingerprint density at radius 1 is 1.85 bits per heavy atom. The Kier molecular flexibility index (Phi) is 3.03. The first-order valence-electron chi connectivity index (χ1n) is 3.97. The van der Waals surface area contributed by atoms with E-state index < -0.39 is 0 Å². The molecule has 1 aromatic rings. The summed E-state index contributed by atoms with van der Waals surface area (Å²) in [5.74, 6) is -0.257. The standard InChI is InChI=1S/C8H10N4O/c1-2-7-6(5-11-12-7)8(13)10-4-3-9/h5H,2,4H2,1H3,(H,10,13)(H,11,12). The summed E-state index contributed by atoms with van der Waals surface area (Å²) in [6.45, 7) is 1.95. The summed E-state index contributed by atoms with van der Waals surface area (Å²) in [7, 11) is 0. The minimum atomic E-state index is -0.257. The SMILES string of the molecule is CCc1[nH]ncc1C(=O)NCC#N. The molecule has 5 heteroatoms. The van der Waals surface area contributed by atoms with Gasteiger partial charge in [0, 0.05) is 5.69 Å². The number of carbonyl (C=O) groups excluding carboxylic acids is 1. The van der Waals surface area contributed by atoms with E-state index in [0.29, 0.717) is 5.56 Å². The highest BCUT2D eigenvalue weighted by Crippen LogP contribution is 2.04.